The molecule has 1 fully saturated rings. The minimum Gasteiger partial charge on any atom is -0.447 e. The van der Waals surface area contributed by atoms with E-state index in [1.807, 2.05) is 34.9 Å². The number of thioether (sulfide) groups is 1. The first-order valence-corrected chi connectivity index (χ1v) is 13.4. The first kappa shape index (κ1) is 22.8. The molecule has 7 nitrogen and oxygen atoms in total. The maximum Gasteiger partial charge on any atom is 0.276 e. The van der Waals surface area contributed by atoms with Gasteiger partial charge >= 0.3 is 0 Å². The highest BCUT2D eigenvalue weighted by Crippen LogP contribution is 2.30. The van der Waals surface area contributed by atoms with E-state index in [1.54, 1.807) is 24.3 Å². The molecule has 2 aromatic heterocycles. The van der Waals surface area contributed by atoms with Gasteiger partial charge in [0, 0.05) is 13.1 Å². The zero-order valence-corrected chi connectivity index (χ0v) is 19.9. The molecule has 34 heavy (non-hydrogen) atoms. The van der Waals surface area contributed by atoms with Crippen LogP contribution in [0.3, 0.4) is 0 Å². The molecule has 10 heteroatoms. The predicted octanol–water partition coefficient (Wildman–Crippen LogP) is 4.80. The molecule has 176 valence electrons. The van der Waals surface area contributed by atoms with Gasteiger partial charge in [-0.05, 0) is 42.7 Å². The molecular weight excluding hydrogens is 475 g/mol. The van der Waals surface area contributed by atoms with E-state index < -0.39 is 10.0 Å². The molecule has 0 radical (unpaired) electrons. The number of furan rings is 1. The van der Waals surface area contributed by atoms with E-state index in [0.29, 0.717) is 47.7 Å². The molecule has 0 atom stereocenters. The van der Waals surface area contributed by atoms with Gasteiger partial charge in [-0.15, -0.1) is 10.2 Å². The second-order valence-electron chi connectivity index (χ2n) is 7.98. The number of nitrogens with zero attached hydrogens (tertiary/aromatic N) is 4. The molecule has 0 N–H and O–H groups in total. The zero-order chi connectivity index (χ0) is 23.5. The smallest absolute Gasteiger partial charge is 0.276 e. The van der Waals surface area contributed by atoms with Gasteiger partial charge in [-0.3, -0.25) is 4.57 Å². The Kier molecular flexibility index (Phi) is 6.53. The molecule has 4 aromatic rings. The van der Waals surface area contributed by atoms with Crippen molar-refractivity contribution in [3.05, 3.63) is 83.9 Å². The number of halogens is 1. The number of sulfonamides is 1. The van der Waals surface area contributed by atoms with Gasteiger partial charge in [0.1, 0.15) is 11.6 Å². The van der Waals surface area contributed by atoms with Crippen LogP contribution < -0.4 is 0 Å². The normalized spacial score (nSPS) is 14.6. The second kappa shape index (κ2) is 9.73. The summed E-state index contributed by atoms with van der Waals surface area (Å²) in [7, 11) is -3.60. The largest absolute Gasteiger partial charge is 0.447 e. The van der Waals surface area contributed by atoms with Crippen LogP contribution in [0.1, 0.15) is 24.2 Å². The highest BCUT2D eigenvalue weighted by molar-refractivity contribution is 7.98. The number of aromatic nitrogens is 3. The Morgan fingerprint density at radius 2 is 1.68 bits per heavy atom. The van der Waals surface area contributed by atoms with Crippen LogP contribution in [-0.4, -0.2) is 40.6 Å². The molecule has 0 unspecified atom stereocenters. The maximum atomic E-state index is 14.5. The Bertz CT molecular complexity index is 1380. The van der Waals surface area contributed by atoms with Crippen LogP contribution in [0.4, 0.5) is 4.39 Å². The molecule has 0 amide bonds. The van der Waals surface area contributed by atoms with Crippen molar-refractivity contribution >= 4 is 21.8 Å². The highest BCUT2D eigenvalue weighted by Gasteiger charge is 2.30. The monoisotopic (exact) mass is 498 g/mol. The minimum absolute atomic E-state index is 0.0391. The summed E-state index contributed by atoms with van der Waals surface area (Å²) in [5.74, 6) is 0.939. The Labute approximate surface area is 201 Å². The summed E-state index contributed by atoms with van der Waals surface area (Å²) in [6.45, 7) is 1.51. The molecule has 1 aliphatic rings. The van der Waals surface area contributed by atoms with Gasteiger partial charge in [0.25, 0.3) is 10.0 Å². The lowest BCUT2D eigenvalue weighted by atomic mass is 10.2. The molecule has 1 aliphatic heterocycles. The quantitative estimate of drug-likeness (QED) is 0.325. The zero-order valence-electron chi connectivity index (χ0n) is 18.3. The third kappa shape index (κ3) is 4.66. The van der Waals surface area contributed by atoms with Gasteiger partial charge in [0.2, 0.25) is 5.09 Å². The van der Waals surface area contributed by atoms with Crippen molar-refractivity contribution < 1.29 is 17.2 Å². The average Bonchev–Trinajstić information content (AvgIpc) is 3.61. The predicted molar refractivity (Wildman–Crippen MR) is 127 cm³/mol. The number of rotatable bonds is 8. The maximum absolute atomic E-state index is 14.5. The van der Waals surface area contributed by atoms with E-state index in [4.69, 9.17) is 4.42 Å². The standard InChI is InChI=1S/C24H23FN4O3S2/c25-21-11-5-4-10-20(21)23-26-27-24(29(23)16-18-8-2-1-3-9-18)33-17-19-12-13-22(32-19)34(30,31)28-14-6-7-15-28/h1-5,8-13H,6-7,14-17H2. The molecule has 0 bridgehead atoms. The van der Waals surface area contributed by atoms with E-state index >= 15 is 0 Å². The molecule has 3 heterocycles. The summed E-state index contributed by atoms with van der Waals surface area (Å²) in [6, 6.07) is 19.5. The Morgan fingerprint density at radius 1 is 0.941 bits per heavy atom. The van der Waals surface area contributed by atoms with Gasteiger partial charge in [-0.1, -0.05) is 54.2 Å². The SMILES string of the molecule is O=S(=O)(c1ccc(CSc2nnc(-c3ccccc3F)n2Cc2ccccc2)o1)N1CCCC1. The number of hydrogen-bond donors (Lipinski definition) is 0. The first-order chi connectivity index (χ1) is 16.5. The molecule has 0 spiro atoms. The molecule has 1 saturated heterocycles. The number of benzene rings is 2. The highest BCUT2D eigenvalue weighted by atomic mass is 32.2. The fourth-order valence-electron chi connectivity index (χ4n) is 3.91. The fourth-order valence-corrected chi connectivity index (χ4v) is 6.19. The third-order valence-corrected chi connectivity index (χ3v) is 8.42. The van der Waals surface area contributed by atoms with E-state index in [1.165, 1.54) is 28.2 Å². The van der Waals surface area contributed by atoms with Crippen molar-refractivity contribution in [3.63, 3.8) is 0 Å². The van der Waals surface area contributed by atoms with Crippen molar-refractivity contribution in [2.24, 2.45) is 0 Å². The number of hydrogen-bond acceptors (Lipinski definition) is 6. The summed E-state index contributed by atoms with van der Waals surface area (Å²) in [5, 5.41) is 9.12. The molecule has 5 rings (SSSR count). The Morgan fingerprint density at radius 3 is 2.44 bits per heavy atom. The minimum atomic E-state index is -3.60. The van der Waals surface area contributed by atoms with Crippen molar-refractivity contribution in [1.82, 2.24) is 19.1 Å². The third-order valence-electron chi connectivity index (χ3n) is 5.65. The summed E-state index contributed by atoms with van der Waals surface area (Å²) in [4.78, 5) is 0. The molecule has 0 saturated carbocycles. The Hall–Kier alpha value is -2.95. The summed E-state index contributed by atoms with van der Waals surface area (Å²) in [5.41, 5.74) is 1.40. The molecule has 2 aromatic carbocycles. The topological polar surface area (TPSA) is 81.2 Å². The summed E-state index contributed by atoms with van der Waals surface area (Å²) < 4.78 is 49.0. The second-order valence-corrected chi connectivity index (χ2v) is 10.8. The van der Waals surface area contributed by atoms with Crippen LogP contribution in [0.2, 0.25) is 0 Å². The molecule has 0 aliphatic carbocycles. The van der Waals surface area contributed by atoms with Crippen molar-refractivity contribution in [1.29, 1.82) is 0 Å². The van der Waals surface area contributed by atoms with Crippen LogP contribution in [0, 0.1) is 5.82 Å². The van der Waals surface area contributed by atoms with E-state index in [0.717, 1.165) is 18.4 Å². The van der Waals surface area contributed by atoms with Crippen LogP contribution in [-0.2, 0) is 22.3 Å². The van der Waals surface area contributed by atoms with Crippen molar-refractivity contribution in [2.75, 3.05) is 13.1 Å². The van der Waals surface area contributed by atoms with Crippen LogP contribution >= 0.6 is 11.8 Å². The summed E-state index contributed by atoms with van der Waals surface area (Å²) in [6.07, 6.45) is 1.73. The Balaban J connectivity index is 1.40. The van der Waals surface area contributed by atoms with Gasteiger partial charge < -0.3 is 4.42 Å². The van der Waals surface area contributed by atoms with Crippen molar-refractivity contribution in [3.8, 4) is 11.4 Å². The lowest BCUT2D eigenvalue weighted by Gasteiger charge is -2.12. The van der Waals surface area contributed by atoms with E-state index in [2.05, 4.69) is 10.2 Å². The van der Waals surface area contributed by atoms with Gasteiger partial charge in [0.15, 0.2) is 11.0 Å². The van der Waals surface area contributed by atoms with Gasteiger partial charge in [-0.2, -0.15) is 4.31 Å². The average molecular weight is 499 g/mol. The molecular formula is C24H23FN4O3S2. The fraction of sp³-hybridized carbons (Fsp3) is 0.250. The van der Waals surface area contributed by atoms with Gasteiger partial charge in [0.05, 0.1) is 17.9 Å². The van der Waals surface area contributed by atoms with Crippen molar-refractivity contribution in [2.45, 2.75) is 35.4 Å². The first-order valence-electron chi connectivity index (χ1n) is 11.0. The van der Waals surface area contributed by atoms with Gasteiger partial charge in [-0.25, -0.2) is 12.8 Å². The lowest BCUT2D eigenvalue weighted by Crippen LogP contribution is -2.27. The van der Waals surface area contributed by atoms with E-state index in [9.17, 15) is 12.8 Å². The van der Waals surface area contributed by atoms with Crippen LogP contribution in [0.15, 0.2) is 81.4 Å². The lowest BCUT2D eigenvalue weighted by molar-refractivity contribution is 0.397. The van der Waals surface area contributed by atoms with Crippen LogP contribution in [0.25, 0.3) is 11.4 Å². The van der Waals surface area contributed by atoms with E-state index in [-0.39, 0.29) is 10.9 Å². The summed E-state index contributed by atoms with van der Waals surface area (Å²) >= 11 is 1.36. The van der Waals surface area contributed by atoms with Crippen LogP contribution in [0.5, 0.6) is 0 Å².